The summed E-state index contributed by atoms with van der Waals surface area (Å²) < 4.78 is 15.5. The molecule has 1 aromatic heterocycles. The third-order valence-corrected chi connectivity index (χ3v) is 3.60. The Morgan fingerprint density at radius 1 is 1.42 bits per heavy atom. The third-order valence-electron chi connectivity index (χ3n) is 3.39. The monoisotopic (exact) mass is 279 g/mol. The van der Waals surface area contributed by atoms with Crippen molar-refractivity contribution < 1.29 is 4.39 Å². The van der Waals surface area contributed by atoms with Crippen LogP contribution >= 0.6 is 11.6 Å². The molecule has 0 atom stereocenters. The first-order valence-corrected chi connectivity index (χ1v) is 6.81. The molecule has 3 nitrogen and oxygen atoms in total. The molecule has 100 valence electrons. The van der Waals surface area contributed by atoms with E-state index in [2.05, 4.69) is 9.55 Å². The molecule has 1 saturated carbocycles. The lowest BCUT2D eigenvalue weighted by molar-refractivity contribution is 0.628. The summed E-state index contributed by atoms with van der Waals surface area (Å²) in [5.74, 6) is 1.19. The van der Waals surface area contributed by atoms with E-state index in [1.54, 1.807) is 6.07 Å². The van der Waals surface area contributed by atoms with Crippen LogP contribution in [0.3, 0.4) is 0 Å². The Morgan fingerprint density at radius 3 is 2.74 bits per heavy atom. The van der Waals surface area contributed by atoms with E-state index in [4.69, 9.17) is 17.3 Å². The van der Waals surface area contributed by atoms with Crippen LogP contribution in [0.4, 0.5) is 10.2 Å². The smallest absolute Gasteiger partial charge is 0.131 e. The summed E-state index contributed by atoms with van der Waals surface area (Å²) in [6, 6.07) is 4.85. The van der Waals surface area contributed by atoms with Crippen LogP contribution in [0, 0.1) is 5.82 Å². The highest BCUT2D eigenvalue weighted by Gasteiger charge is 2.29. The standard InChI is InChI=1S/C14H15ClFN3/c1-2-12-18-13(14(17)19(12)11-3-4-11)8-5-9(15)7-10(16)6-8/h5-7,11H,2-4,17H2,1H3. The van der Waals surface area contributed by atoms with E-state index in [1.165, 1.54) is 12.1 Å². The third kappa shape index (κ3) is 2.21. The zero-order chi connectivity index (χ0) is 13.6. The number of aromatic nitrogens is 2. The first-order chi connectivity index (χ1) is 9.10. The molecule has 0 aliphatic heterocycles. The molecule has 0 radical (unpaired) electrons. The molecule has 0 unspecified atom stereocenters. The van der Waals surface area contributed by atoms with E-state index >= 15 is 0 Å². The Labute approximate surface area is 116 Å². The number of nitrogens with zero attached hydrogens (tertiary/aromatic N) is 2. The molecule has 3 rings (SSSR count). The van der Waals surface area contributed by atoms with E-state index in [-0.39, 0.29) is 5.82 Å². The lowest BCUT2D eigenvalue weighted by Gasteiger charge is -2.06. The van der Waals surface area contributed by atoms with Crippen molar-refractivity contribution in [2.75, 3.05) is 5.73 Å². The van der Waals surface area contributed by atoms with Gasteiger partial charge in [0.15, 0.2) is 0 Å². The van der Waals surface area contributed by atoms with Gasteiger partial charge in [0, 0.05) is 23.0 Å². The van der Waals surface area contributed by atoms with Crippen molar-refractivity contribution in [3.05, 3.63) is 34.9 Å². The Morgan fingerprint density at radius 2 is 2.16 bits per heavy atom. The average Bonchev–Trinajstić information content (AvgIpc) is 3.12. The van der Waals surface area contributed by atoms with Crippen molar-refractivity contribution in [1.82, 2.24) is 9.55 Å². The number of nitrogen functional groups attached to an aromatic ring is 1. The van der Waals surface area contributed by atoms with Gasteiger partial charge in [-0.15, -0.1) is 0 Å². The maximum Gasteiger partial charge on any atom is 0.131 e. The van der Waals surface area contributed by atoms with Gasteiger partial charge in [0.2, 0.25) is 0 Å². The first kappa shape index (κ1) is 12.5. The highest BCUT2D eigenvalue weighted by atomic mass is 35.5. The van der Waals surface area contributed by atoms with E-state index in [9.17, 15) is 4.39 Å². The number of aryl methyl sites for hydroxylation is 1. The van der Waals surface area contributed by atoms with Crippen LogP contribution in [0.2, 0.25) is 5.02 Å². The Bertz CT molecular complexity index is 612. The second-order valence-electron chi connectivity index (χ2n) is 4.87. The SMILES string of the molecule is CCc1nc(-c2cc(F)cc(Cl)c2)c(N)n1C1CC1. The second-order valence-corrected chi connectivity index (χ2v) is 5.31. The lowest BCUT2D eigenvalue weighted by Crippen LogP contribution is -2.04. The van der Waals surface area contributed by atoms with Crippen LogP contribution in [-0.2, 0) is 6.42 Å². The average molecular weight is 280 g/mol. The summed E-state index contributed by atoms with van der Waals surface area (Å²) in [5.41, 5.74) is 7.45. The van der Waals surface area contributed by atoms with E-state index in [0.29, 0.717) is 28.1 Å². The summed E-state index contributed by atoms with van der Waals surface area (Å²) in [6.07, 6.45) is 3.08. The number of nitrogens with two attached hydrogens (primary N) is 1. The minimum atomic E-state index is -0.374. The number of anilines is 1. The number of imidazole rings is 1. The van der Waals surface area contributed by atoms with Crippen molar-refractivity contribution in [2.24, 2.45) is 0 Å². The molecule has 0 amide bonds. The molecule has 0 saturated heterocycles. The molecule has 1 fully saturated rings. The van der Waals surface area contributed by atoms with Crippen molar-refractivity contribution in [2.45, 2.75) is 32.2 Å². The molecule has 1 aliphatic rings. The minimum Gasteiger partial charge on any atom is -0.383 e. The summed E-state index contributed by atoms with van der Waals surface area (Å²) in [7, 11) is 0. The molecule has 1 aromatic carbocycles. The largest absolute Gasteiger partial charge is 0.383 e. The fraction of sp³-hybridized carbons (Fsp3) is 0.357. The fourth-order valence-corrected chi connectivity index (χ4v) is 2.61. The molecular formula is C14H15ClFN3. The molecule has 19 heavy (non-hydrogen) atoms. The topological polar surface area (TPSA) is 43.8 Å². The van der Waals surface area contributed by atoms with Crippen LogP contribution in [0.15, 0.2) is 18.2 Å². The van der Waals surface area contributed by atoms with Crippen molar-refractivity contribution in [3.63, 3.8) is 0 Å². The number of halogens is 2. The van der Waals surface area contributed by atoms with Crippen molar-refractivity contribution in [1.29, 1.82) is 0 Å². The van der Waals surface area contributed by atoms with Gasteiger partial charge in [-0.3, -0.25) is 0 Å². The minimum absolute atomic E-state index is 0.355. The Balaban J connectivity index is 2.14. The number of benzene rings is 1. The predicted octanol–water partition coefficient (Wildman–Crippen LogP) is 3.82. The van der Waals surface area contributed by atoms with Crippen molar-refractivity contribution >= 4 is 17.4 Å². The summed E-state index contributed by atoms with van der Waals surface area (Å²) >= 11 is 5.89. The molecular weight excluding hydrogens is 265 g/mol. The van der Waals surface area contributed by atoms with Gasteiger partial charge in [-0.25, -0.2) is 9.37 Å². The highest BCUT2D eigenvalue weighted by Crippen LogP contribution is 2.41. The highest BCUT2D eigenvalue weighted by molar-refractivity contribution is 6.30. The molecule has 5 heteroatoms. The summed E-state index contributed by atoms with van der Waals surface area (Å²) in [4.78, 5) is 4.55. The Kier molecular flexibility index (Phi) is 2.97. The molecule has 0 spiro atoms. The quantitative estimate of drug-likeness (QED) is 0.928. The fourth-order valence-electron chi connectivity index (χ4n) is 2.39. The number of hydrogen-bond donors (Lipinski definition) is 1. The Hall–Kier alpha value is -1.55. The van der Waals surface area contributed by atoms with Gasteiger partial charge < -0.3 is 10.3 Å². The molecule has 1 aliphatic carbocycles. The van der Waals surface area contributed by atoms with Gasteiger partial charge in [-0.1, -0.05) is 18.5 Å². The van der Waals surface area contributed by atoms with Crippen LogP contribution in [-0.4, -0.2) is 9.55 Å². The van der Waals surface area contributed by atoms with Gasteiger partial charge in [0.05, 0.1) is 0 Å². The maximum absolute atomic E-state index is 13.4. The zero-order valence-electron chi connectivity index (χ0n) is 10.7. The predicted molar refractivity (Wildman–Crippen MR) is 74.7 cm³/mol. The zero-order valence-corrected chi connectivity index (χ0v) is 11.4. The number of rotatable bonds is 3. The number of hydrogen-bond acceptors (Lipinski definition) is 2. The van der Waals surface area contributed by atoms with E-state index in [1.807, 2.05) is 6.92 Å². The normalized spacial score (nSPS) is 14.9. The summed E-state index contributed by atoms with van der Waals surface area (Å²) in [6.45, 7) is 2.04. The van der Waals surface area contributed by atoms with Crippen LogP contribution in [0.1, 0.15) is 31.6 Å². The van der Waals surface area contributed by atoms with Gasteiger partial charge in [-0.05, 0) is 31.0 Å². The van der Waals surface area contributed by atoms with Gasteiger partial charge in [-0.2, -0.15) is 0 Å². The lowest BCUT2D eigenvalue weighted by atomic mass is 10.1. The first-order valence-electron chi connectivity index (χ1n) is 6.43. The van der Waals surface area contributed by atoms with Crippen molar-refractivity contribution in [3.8, 4) is 11.3 Å². The van der Waals surface area contributed by atoms with Crippen LogP contribution in [0.5, 0.6) is 0 Å². The molecule has 2 N–H and O–H groups in total. The summed E-state index contributed by atoms with van der Waals surface area (Å²) in [5, 5.41) is 0.355. The van der Waals surface area contributed by atoms with E-state index < -0.39 is 0 Å². The molecule has 1 heterocycles. The molecule has 2 aromatic rings. The van der Waals surface area contributed by atoms with Gasteiger partial charge in [0.1, 0.15) is 23.2 Å². The van der Waals surface area contributed by atoms with Gasteiger partial charge in [0.25, 0.3) is 0 Å². The second kappa shape index (κ2) is 4.53. The molecule has 0 bridgehead atoms. The van der Waals surface area contributed by atoms with E-state index in [0.717, 1.165) is 25.1 Å². The van der Waals surface area contributed by atoms with Gasteiger partial charge >= 0.3 is 0 Å². The maximum atomic E-state index is 13.4. The van der Waals surface area contributed by atoms with Crippen LogP contribution in [0.25, 0.3) is 11.3 Å². The van der Waals surface area contributed by atoms with Crippen LogP contribution < -0.4 is 5.73 Å².